The molecule has 0 saturated carbocycles. The van der Waals surface area contributed by atoms with Crippen molar-refractivity contribution in [2.75, 3.05) is 6.54 Å². The molecule has 4 aromatic rings. The minimum absolute atomic E-state index is 0.0612. The summed E-state index contributed by atoms with van der Waals surface area (Å²) in [5, 5.41) is 6.50. The zero-order chi connectivity index (χ0) is 23.4. The number of amides is 1. The first-order valence-corrected chi connectivity index (χ1v) is 10.8. The van der Waals surface area contributed by atoms with Gasteiger partial charge in [0.2, 0.25) is 5.91 Å². The van der Waals surface area contributed by atoms with Crippen LogP contribution in [0.5, 0.6) is 5.88 Å². The van der Waals surface area contributed by atoms with E-state index in [0.29, 0.717) is 29.1 Å². The lowest BCUT2D eigenvalue weighted by Gasteiger charge is -2.19. The summed E-state index contributed by atoms with van der Waals surface area (Å²) in [5.41, 5.74) is 3.93. The molecule has 1 unspecified atom stereocenters. The van der Waals surface area contributed by atoms with Gasteiger partial charge in [0.25, 0.3) is 0 Å². The summed E-state index contributed by atoms with van der Waals surface area (Å²) >= 11 is 0. The van der Waals surface area contributed by atoms with Gasteiger partial charge in [-0.3, -0.25) is 9.20 Å². The molecule has 0 aliphatic heterocycles. The zero-order valence-corrected chi connectivity index (χ0v) is 18.4. The molecule has 172 valence electrons. The molecule has 1 N–H and O–H groups in total. The molecular weight excluding hydrogens is 428 g/mol. The number of nitrogens with zero attached hydrogens (tertiary/aromatic N) is 4. The molecule has 3 aromatic heterocycles. The number of halogens is 2. The summed E-state index contributed by atoms with van der Waals surface area (Å²) < 4.78 is 34.5. The predicted molar refractivity (Wildman–Crippen MR) is 121 cm³/mol. The van der Waals surface area contributed by atoms with Crippen LogP contribution in [0.2, 0.25) is 0 Å². The van der Waals surface area contributed by atoms with Crippen LogP contribution >= 0.6 is 0 Å². The third-order valence-electron chi connectivity index (χ3n) is 5.39. The van der Waals surface area contributed by atoms with Crippen molar-refractivity contribution in [3.8, 4) is 28.3 Å². The third-order valence-corrected chi connectivity index (χ3v) is 5.39. The maximum atomic E-state index is 12.8. The predicted octanol–water partition coefficient (Wildman–Crippen LogP) is 4.94. The number of rotatable bonds is 9. The van der Waals surface area contributed by atoms with E-state index in [9.17, 15) is 13.6 Å². The second-order valence-corrected chi connectivity index (χ2v) is 7.68. The number of alkyl halides is 2. The van der Waals surface area contributed by atoms with E-state index < -0.39 is 6.55 Å². The van der Waals surface area contributed by atoms with Crippen molar-refractivity contribution in [2.45, 2.75) is 39.3 Å². The van der Waals surface area contributed by atoms with Gasteiger partial charge >= 0.3 is 6.55 Å². The third kappa shape index (κ3) is 5.02. The monoisotopic (exact) mass is 453 g/mol. The Morgan fingerprint density at radius 2 is 1.85 bits per heavy atom. The number of carbonyl (C=O) groups excluding carboxylic acids is 1. The molecular formula is C24H25F2N5O2. The SMILES string of the molecule is CCC(CCNC(C)=O)Oc1cccc2ncc(-c3ccc(-c4cnn(C(F)F)c4)cc3)n12. The van der Waals surface area contributed by atoms with Crippen LogP contribution in [0.15, 0.2) is 61.1 Å². The average molecular weight is 453 g/mol. The molecule has 0 bridgehead atoms. The molecule has 0 spiro atoms. The maximum absolute atomic E-state index is 12.8. The zero-order valence-electron chi connectivity index (χ0n) is 18.4. The van der Waals surface area contributed by atoms with Crippen LogP contribution in [0.3, 0.4) is 0 Å². The first-order valence-electron chi connectivity index (χ1n) is 10.8. The highest BCUT2D eigenvalue weighted by molar-refractivity contribution is 5.72. The van der Waals surface area contributed by atoms with Crippen LogP contribution in [-0.2, 0) is 4.79 Å². The maximum Gasteiger partial charge on any atom is 0.333 e. The Bertz CT molecular complexity index is 1230. The molecule has 0 aliphatic rings. The summed E-state index contributed by atoms with van der Waals surface area (Å²) in [6, 6.07) is 13.3. The lowest BCUT2D eigenvalue weighted by molar-refractivity contribution is -0.119. The van der Waals surface area contributed by atoms with Crippen LogP contribution in [-0.4, -0.2) is 37.7 Å². The fourth-order valence-corrected chi connectivity index (χ4v) is 3.66. The first-order chi connectivity index (χ1) is 16.0. The molecule has 3 heterocycles. The highest BCUT2D eigenvalue weighted by Crippen LogP contribution is 2.29. The number of pyridine rings is 1. The van der Waals surface area contributed by atoms with E-state index in [1.165, 1.54) is 19.3 Å². The molecule has 4 rings (SSSR count). The summed E-state index contributed by atoms with van der Waals surface area (Å²) in [6.45, 7) is 1.42. The number of carbonyl (C=O) groups is 1. The Morgan fingerprint density at radius 1 is 1.09 bits per heavy atom. The average Bonchev–Trinajstić information content (AvgIpc) is 3.46. The van der Waals surface area contributed by atoms with Gasteiger partial charge in [-0.25, -0.2) is 9.67 Å². The van der Waals surface area contributed by atoms with Crippen molar-refractivity contribution in [2.24, 2.45) is 0 Å². The van der Waals surface area contributed by atoms with Gasteiger partial charge in [-0.1, -0.05) is 37.3 Å². The van der Waals surface area contributed by atoms with Gasteiger partial charge < -0.3 is 10.1 Å². The molecule has 33 heavy (non-hydrogen) atoms. The minimum atomic E-state index is -2.67. The lowest BCUT2D eigenvalue weighted by atomic mass is 10.1. The number of aromatic nitrogens is 4. The number of ether oxygens (including phenoxy) is 1. The Kier molecular flexibility index (Phi) is 6.67. The smallest absolute Gasteiger partial charge is 0.333 e. The van der Waals surface area contributed by atoms with E-state index in [1.807, 2.05) is 53.8 Å². The number of benzene rings is 1. The van der Waals surface area contributed by atoms with Crippen LogP contribution < -0.4 is 10.1 Å². The minimum Gasteiger partial charge on any atom is -0.475 e. The Hall–Kier alpha value is -3.75. The van der Waals surface area contributed by atoms with Gasteiger partial charge in [-0.15, -0.1) is 0 Å². The van der Waals surface area contributed by atoms with Gasteiger partial charge in [0.15, 0.2) is 5.88 Å². The van der Waals surface area contributed by atoms with Crippen molar-refractivity contribution < 1.29 is 18.3 Å². The molecule has 0 aliphatic carbocycles. The van der Waals surface area contributed by atoms with Crippen molar-refractivity contribution in [3.63, 3.8) is 0 Å². The summed E-state index contributed by atoms with van der Waals surface area (Å²) in [7, 11) is 0. The second-order valence-electron chi connectivity index (χ2n) is 7.68. The van der Waals surface area contributed by atoms with E-state index in [4.69, 9.17) is 4.74 Å². The van der Waals surface area contributed by atoms with Gasteiger partial charge in [0.05, 0.1) is 18.1 Å². The Labute approximate surface area is 190 Å². The Morgan fingerprint density at radius 3 is 2.52 bits per heavy atom. The summed E-state index contributed by atoms with van der Waals surface area (Å²) in [6.07, 6.45) is 5.95. The van der Waals surface area contributed by atoms with Crippen molar-refractivity contribution >= 4 is 11.6 Å². The summed E-state index contributed by atoms with van der Waals surface area (Å²) in [5.74, 6) is 0.603. The normalized spacial score (nSPS) is 12.3. The van der Waals surface area contributed by atoms with Crippen molar-refractivity contribution in [1.82, 2.24) is 24.5 Å². The number of hydrogen-bond acceptors (Lipinski definition) is 4. The van der Waals surface area contributed by atoms with Crippen molar-refractivity contribution in [1.29, 1.82) is 0 Å². The van der Waals surface area contributed by atoms with Gasteiger partial charge in [-0.05, 0) is 24.1 Å². The van der Waals surface area contributed by atoms with Gasteiger partial charge in [-0.2, -0.15) is 13.9 Å². The second kappa shape index (κ2) is 9.81. The first kappa shape index (κ1) is 22.4. The van der Waals surface area contributed by atoms with E-state index in [1.54, 1.807) is 6.20 Å². The van der Waals surface area contributed by atoms with E-state index >= 15 is 0 Å². The molecule has 7 nitrogen and oxygen atoms in total. The standard InChI is InChI=1S/C24H25F2N5O2/c1-3-20(11-12-27-16(2)32)33-23-6-4-5-22-28-14-21(31(22)23)18-9-7-17(8-10-18)19-13-29-30(15-19)24(25)26/h4-10,13-15,20,24H,3,11-12H2,1-2H3,(H,27,32). The number of imidazole rings is 1. The molecule has 0 saturated heterocycles. The molecule has 1 aromatic carbocycles. The topological polar surface area (TPSA) is 73.4 Å². The number of nitrogens with one attached hydrogen (secondary N) is 1. The molecule has 0 fully saturated rings. The lowest BCUT2D eigenvalue weighted by Crippen LogP contribution is -2.27. The molecule has 0 radical (unpaired) electrons. The summed E-state index contributed by atoms with van der Waals surface area (Å²) in [4.78, 5) is 15.7. The Balaban J connectivity index is 1.60. The number of hydrogen-bond donors (Lipinski definition) is 1. The van der Waals surface area contributed by atoms with Crippen LogP contribution in [0.4, 0.5) is 8.78 Å². The van der Waals surface area contributed by atoms with Gasteiger partial charge in [0, 0.05) is 37.2 Å². The van der Waals surface area contributed by atoms with Crippen LogP contribution in [0.1, 0.15) is 33.2 Å². The fourth-order valence-electron chi connectivity index (χ4n) is 3.66. The van der Waals surface area contributed by atoms with E-state index in [0.717, 1.165) is 28.9 Å². The van der Waals surface area contributed by atoms with Crippen molar-refractivity contribution in [3.05, 3.63) is 61.1 Å². The highest BCUT2D eigenvalue weighted by Gasteiger charge is 2.15. The molecule has 9 heteroatoms. The molecule has 1 atom stereocenters. The fraction of sp³-hybridized carbons (Fsp3) is 0.292. The highest BCUT2D eigenvalue weighted by atomic mass is 19.3. The van der Waals surface area contributed by atoms with Crippen LogP contribution in [0.25, 0.3) is 28.0 Å². The number of fused-ring (bicyclic) bond motifs is 1. The molecule has 1 amide bonds. The van der Waals surface area contributed by atoms with E-state index in [-0.39, 0.29) is 12.0 Å². The van der Waals surface area contributed by atoms with Crippen LogP contribution in [0, 0.1) is 0 Å². The van der Waals surface area contributed by atoms with Gasteiger partial charge in [0.1, 0.15) is 11.8 Å². The quantitative estimate of drug-likeness (QED) is 0.389. The van der Waals surface area contributed by atoms with E-state index in [2.05, 4.69) is 15.4 Å². The largest absolute Gasteiger partial charge is 0.475 e.